The lowest BCUT2D eigenvalue weighted by atomic mass is 10.2. The molecule has 3 nitrogen and oxygen atoms in total. The van der Waals surface area contributed by atoms with E-state index in [0.717, 1.165) is 51.7 Å². The van der Waals surface area contributed by atoms with Crippen molar-refractivity contribution < 1.29 is 9.84 Å². The zero-order valence-corrected chi connectivity index (χ0v) is 10.5. The Bertz CT molecular complexity index is 264. The lowest BCUT2D eigenvalue weighted by Crippen LogP contribution is -1.99. The molecular formula is C14H23NO2. The number of nitrogens with zero attached hydrogens (tertiary/aromatic N) is 1. The number of hydrogen-bond donors (Lipinski definition) is 1. The number of aliphatic hydroxyl groups is 1. The Labute approximate surface area is 104 Å². The molecule has 0 spiro atoms. The van der Waals surface area contributed by atoms with Crippen molar-refractivity contribution in [2.45, 2.75) is 38.5 Å². The minimum absolute atomic E-state index is 0.311. The monoisotopic (exact) mass is 237 g/mol. The van der Waals surface area contributed by atoms with Gasteiger partial charge in [0, 0.05) is 32.2 Å². The molecule has 0 saturated heterocycles. The van der Waals surface area contributed by atoms with E-state index in [2.05, 4.69) is 11.1 Å². The Morgan fingerprint density at radius 1 is 1.06 bits per heavy atom. The summed E-state index contributed by atoms with van der Waals surface area (Å²) in [5.41, 5.74) is 1.28. The van der Waals surface area contributed by atoms with Gasteiger partial charge in [0.15, 0.2) is 0 Å². The highest BCUT2D eigenvalue weighted by atomic mass is 16.5. The number of aryl methyl sites for hydroxylation is 1. The molecule has 96 valence electrons. The van der Waals surface area contributed by atoms with Gasteiger partial charge < -0.3 is 9.84 Å². The van der Waals surface area contributed by atoms with Gasteiger partial charge in [-0.3, -0.25) is 4.98 Å². The molecule has 0 fully saturated rings. The molecule has 0 aromatic carbocycles. The van der Waals surface area contributed by atoms with Crippen molar-refractivity contribution in [1.29, 1.82) is 0 Å². The average Bonchev–Trinajstić information content (AvgIpc) is 2.38. The third-order valence-electron chi connectivity index (χ3n) is 2.67. The van der Waals surface area contributed by atoms with E-state index in [1.807, 2.05) is 12.3 Å². The molecule has 1 N–H and O–H groups in total. The van der Waals surface area contributed by atoms with Crippen LogP contribution in [0.2, 0.25) is 0 Å². The van der Waals surface area contributed by atoms with Crippen LogP contribution < -0.4 is 0 Å². The number of aromatic nitrogens is 1. The van der Waals surface area contributed by atoms with Crippen LogP contribution in [-0.2, 0) is 11.2 Å². The molecule has 0 amide bonds. The van der Waals surface area contributed by atoms with Crippen LogP contribution >= 0.6 is 0 Å². The Morgan fingerprint density at radius 2 is 1.88 bits per heavy atom. The number of pyridine rings is 1. The van der Waals surface area contributed by atoms with E-state index in [-0.39, 0.29) is 0 Å². The summed E-state index contributed by atoms with van der Waals surface area (Å²) in [6.45, 7) is 1.99. The topological polar surface area (TPSA) is 42.4 Å². The molecule has 1 aromatic heterocycles. The van der Waals surface area contributed by atoms with E-state index < -0.39 is 0 Å². The maximum atomic E-state index is 8.61. The van der Waals surface area contributed by atoms with Crippen molar-refractivity contribution in [2.75, 3.05) is 19.8 Å². The molecule has 0 bridgehead atoms. The van der Waals surface area contributed by atoms with E-state index in [4.69, 9.17) is 9.84 Å². The second-order valence-corrected chi connectivity index (χ2v) is 4.22. The molecule has 1 rings (SSSR count). The first-order valence-electron chi connectivity index (χ1n) is 6.51. The van der Waals surface area contributed by atoms with Gasteiger partial charge in [0.2, 0.25) is 0 Å². The number of unbranched alkanes of at least 4 members (excludes halogenated alkanes) is 3. The van der Waals surface area contributed by atoms with Gasteiger partial charge in [0.25, 0.3) is 0 Å². The fraction of sp³-hybridized carbons (Fsp3) is 0.643. The molecule has 0 aliphatic rings. The molecule has 0 radical (unpaired) electrons. The minimum atomic E-state index is 0.311. The lowest BCUT2D eigenvalue weighted by Gasteiger charge is -2.04. The standard InChI is InChI=1S/C14H23NO2/c16-10-3-1-2-4-11-17-12-6-8-14-7-5-9-15-13-14/h5,7,9,13,16H,1-4,6,8,10-12H2. The normalized spacial score (nSPS) is 10.6. The van der Waals surface area contributed by atoms with Crippen molar-refractivity contribution in [2.24, 2.45) is 0 Å². The molecule has 1 aromatic rings. The van der Waals surface area contributed by atoms with Gasteiger partial charge in [-0.15, -0.1) is 0 Å². The summed E-state index contributed by atoms with van der Waals surface area (Å²) in [5.74, 6) is 0. The third kappa shape index (κ3) is 7.88. The van der Waals surface area contributed by atoms with Gasteiger partial charge in [-0.1, -0.05) is 18.9 Å². The fourth-order valence-corrected chi connectivity index (χ4v) is 1.70. The molecule has 0 saturated carbocycles. The van der Waals surface area contributed by atoms with E-state index in [0.29, 0.717) is 6.61 Å². The van der Waals surface area contributed by atoms with Gasteiger partial charge in [-0.05, 0) is 37.3 Å². The summed E-state index contributed by atoms with van der Waals surface area (Å²) >= 11 is 0. The smallest absolute Gasteiger partial charge is 0.0469 e. The molecular weight excluding hydrogens is 214 g/mol. The zero-order chi connectivity index (χ0) is 12.2. The molecule has 0 aliphatic carbocycles. The second-order valence-electron chi connectivity index (χ2n) is 4.22. The van der Waals surface area contributed by atoms with E-state index in [1.165, 1.54) is 5.56 Å². The van der Waals surface area contributed by atoms with Crippen LogP contribution in [0.3, 0.4) is 0 Å². The molecule has 0 unspecified atom stereocenters. The number of rotatable bonds is 10. The predicted molar refractivity (Wildman–Crippen MR) is 68.9 cm³/mol. The first-order valence-corrected chi connectivity index (χ1v) is 6.51. The van der Waals surface area contributed by atoms with Gasteiger partial charge in [0.05, 0.1) is 0 Å². The van der Waals surface area contributed by atoms with Crippen LogP contribution in [0.1, 0.15) is 37.7 Å². The number of aliphatic hydroxyl groups excluding tert-OH is 1. The third-order valence-corrected chi connectivity index (χ3v) is 2.67. The Balaban J connectivity index is 1.85. The largest absolute Gasteiger partial charge is 0.396 e. The van der Waals surface area contributed by atoms with Crippen molar-refractivity contribution >= 4 is 0 Å². The molecule has 0 atom stereocenters. The van der Waals surface area contributed by atoms with Crippen LogP contribution in [0.5, 0.6) is 0 Å². The Kier molecular flexibility index (Phi) is 8.51. The fourth-order valence-electron chi connectivity index (χ4n) is 1.70. The van der Waals surface area contributed by atoms with Crippen molar-refractivity contribution in [3.05, 3.63) is 30.1 Å². The van der Waals surface area contributed by atoms with Gasteiger partial charge >= 0.3 is 0 Å². The maximum Gasteiger partial charge on any atom is 0.0469 e. The lowest BCUT2D eigenvalue weighted by molar-refractivity contribution is 0.127. The first-order chi connectivity index (χ1) is 8.43. The summed E-state index contributed by atoms with van der Waals surface area (Å²) in [7, 11) is 0. The van der Waals surface area contributed by atoms with Crippen LogP contribution in [0, 0.1) is 0 Å². The predicted octanol–water partition coefficient (Wildman–Crippen LogP) is 2.58. The van der Waals surface area contributed by atoms with Crippen LogP contribution in [0.15, 0.2) is 24.5 Å². The van der Waals surface area contributed by atoms with Crippen molar-refractivity contribution in [3.8, 4) is 0 Å². The summed E-state index contributed by atoms with van der Waals surface area (Å²) in [5, 5.41) is 8.61. The van der Waals surface area contributed by atoms with Crippen LogP contribution in [-0.4, -0.2) is 29.9 Å². The highest BCUT2D eigenvalue weighted by Gasteiger charge is 1.94. The molecule has 1 heterocycles. The maximum absolute atomic E-state index is 8.61. The second kappa shape index (κ2) is 10.2. The molecule has 3 heteroatoms. The average molecular weight is 237 g/mol. The molecule has 0 aliphatic heterocycles. The van der Waals surface area contributed by atoms with E-state index in [9.17, 15) is 0 Å². The first kappa shape index (κ1) is 14.1. The van der Waals surface area contributed by atoms with Crippen LogP contribution in [0.4, 0.5) is 0 Å². The number of ether oxygens (including phenoxy) is 1. The van der Waals surface area contributed by atoms with Crippen LogP contribution in [0.25, 0.3) is 0 Å². The Hall–Kier alpha value is -0.930. The van der Waals surface area contributed by atoms with Gasteiger partial charge in [-0.2, -0.15) is 0 Å². The van der Waals surface area contributed by atoms with Crippen molar-refractivity contribution in [3.63, 3.8) is 0 Å². The highest BCUT2D eigenvalue weighted by Crippen LogP contribution is 2.02. The summed E-state index contributed by atoms with van der Waals surface area (Å²) in [6, 6.07) is 4.07. The summed E-state index contributed by atoms with van der Waals surface area (Å²) in [4.78, 5) is 4.08. The minimum Gasteiger partial charge on any atom is -0.396 e. The quantitative estimate of drug-likeness (QED) is 0.636. The van der Waals surface area contributed by atoms with Crippen molar-refractivity contribution in [1.82, 2.24) is 4.98 Å². The highest BCUT2D eigenvalue weighted by molar-refractivity contribution is 5.08. The van der Waals surface area contributed by atoms with Gasteiger partial charge in [0.1, 0.15) is 0 Å². The Morgan fingerprint density at radius 3 is 2.65 bits per heavy atom. The summed E-state index contributed by atoms with van der Waals surface area (Å²) in [6.07, 6.45) is 10.1. The van der Waals surface area contributed by atoms with Gasteiger partial charge in [-0.25, -0.2) is 0 Å². The SMILES string of the molecule is OCCCCCCOCCCc1cccnc1. The number of hydrogen-bond acceptors (Lipinski definition) is 3. The zero-order valence-electron chi connectivity index (χ0n) is 10.5. The van der Waals surface area contributed by atoms with E-state index >= 15 is 0 Å². The summed E-state index contributed by atoms with van der Waals surface area (Å²) < 4.78 is 5.55. The molecule has 17 heavy (non-hydrogen) atoms. The van der Waals surface area contributed by atoms with E-state index in [1.54, 1.807) is 6.20 Å².